The maximum atomic E-state index is 12.9. The molecule has 0 saturated heterocycles. The molecule has 0 fully saturated rings. The first-order valence-corrected chi connectivity index (χ1v) is 8.54. The SMILES string of the molecule is CCOc1ccccc1/C=C/C(=O)OCC(=O)N(C)Cc1ccc(F)cc1. The Morgan fingerprint density at radius 3 is 2.52 bits per heavy atom. The molecule has 0 atom stereocenters. The van der Waals surface area contributed by atoms with Crippen molar-refractivity contribution in [2.24, 2.45) is 0 Å². The number of rotatable bonds is 8. The van der Waals surface area contributed by atoms with Gasteiger partial charge in [-0.25, -0.2) is 9.18 Å². The van der Waals surface area contributed by atoms with E-state index < -0.39 is 5.97 Å². The van der Waals surface area contributed by atoms with Gasteiger partial charge in [-0.05, 0) is 36.8 Å². The lowest BCUT2D eigenvalue weighted by molar-refractivity contribution is -0.147. The van der Waals surface area contributed by atoms with E-state index in [1.54, 1.807) is 25.3 Å². The van der Waals surface area contributed by atoms with Crippen molar-refractivity contribution in [1.29, 1.82) is 0 Å². The van der Waals surface area contributed by atoms with Crippen LogP contribution in [-0.4, -0.2) is 37.0 Å². The van der Waals surface area contributed by atoms with Crippen molar-refractivity contribution >= 4 is 18.0 Å². The molecule has 2 aromatic carbocycles. The Morgan fingerprint density at radius 2 is 1.81 bits per heavy atom. The van der Waals surface area contributed by atoms with Crippen molar-refractivity contribution in [2.75, 3.05) is 20.3 Å². The second kappa shape index (κ2) is 10.1. The summed E-state index contributed by atoms with van der Waals surface area (Å²) in [5.74, 6) is -0.640. The Hall–Kier alpha value is -3.15. The molecule has 0 saturated carbocycles. The fraction of sp³-hybridized carbons (Fsp3) is 0.238. The molecule has 0 spiro atoms. The summed E-state index contributed by atoms with van der Waals surface area (Å²) in [4.78, 5) is 25.3. The van der Waals surface area contributed by atoms with Gasteiger partial charge >= 0.3 is 5.97 Å². The van der Waals surface area contributed by atoms with Gasteiger partial charge in [-0.3, -0.25) is 4.79 Å². The van der Waals surface area contributed by atoms with Crippen LogP contribution in [0.2, 0.25) is 0 Å². The monoisotopic (exact) mass is 371 g/mol. The van der Waals surface area contributed by atoms with Gasteiger partial charge in [0.1, 0.15) is 11.6 Å². The lowest BCUT2D eigenvalue weighted by atomic mass is 10.2. The summed E-state index contributed by atoms with van der Waals surface area (Å²) in [5, 5.41) is 0. The van der Waals surface area contributed by atoms with E-state index in [9.17, 15) is 14.0 Å². The number of nitrogens with zero attached hydrogens (tertiary/aromatic N) is 1. The number of benzene rings is 2. The summed E-state index contributed by atoms with van der Waals surface area (Å²) in [6.07, 6.45) is 2.84. The molecular formula is C21H22FNO4. The van der Waals surface area contributed by atoms with E-state index in [1.165, 1.54) is 23.1 Å². The highest BCUT2D eigenvalue weighted by Crippen LogP contribution is 2.19. The zero-order chi connectivity index (χ0) is 19.6. The second-order valence-corrected chi connectivity index (χ2v) is 5.79. The summed E-state index contributed by atoms with van der Waals surface area (Å²) in [7, 11) is 1.59. The lowest BCUT2D eigenvalue weighted by Gasteiger charge is -2.17. The molecule has 6 heteroatoms. The van der Waals surface area contributed by atoms with E-state index in [1.807, 2.05) is 31.2 Å². The summed E-state index contributed by atoms with van der Waals surface area (Å²) in [5.41, 5.74) is 1.53. The van der Waals surface area contributed by atoms with E-state index in [2.05, 4.69) is 0 Å². The van der Waals surface area contributed by atoms with Gasteiger partial charge in [0.2, 0.25) is 0 Å². The molecule has 0 aliphatic rings. The minimum Gasteiger partial charge on any atom is -0.493 e. The van der Waals surface area contributed by atoms with Gasteiger partial charge in [0.15, 0.2) is 6.61 Å². The summed E-state index contributed by atoms with van der Waals surface area (Å²) >= 11 is 0. The predicted molar refractivity (Wildman–Crippen MR) is 100 cm³/mol. The molecule has 0 bridgehead atoms. The average Bonchev–Trinajstić information content (AvgIpc) is 2.67. The Balaban J connectivity index is 1.83. The van der Waals surface area contributed by atoms with Gasteiger partial charge in [-0.1, -0.05) is 30.3 Å². The zero-order valence-electron chi connectivity index (χ0n) is 15.4. The Morgan fingerprint density at radius 1 is 1.11 bits per heavy atom. The Bertz CT molecular complexity index is 802. The number of hydrogen-bond acceptors (Lipinski definition) is 4. The van der Waals surface area contributed by atoms with E-state index in [-0.39, 0.29) is 18.3 Å². The van der Waals surface area contributed by atoms with Crippen LogP contribution in [0.5, 0.6) is 5.75 Å². The molecule has 0 aliphatic heterocycles. The first-order valence-electron chi connectivity index (χ1n) is 8.54. The number of carbonyl (C=O) groups excluding carboxylic acids is 2. The van der Waals surface area contributed by atoms with Gasteiger partial charge in [-0.2, -0.15) is 0 Å². The number of para-hydroxylation sites is 1. The fourth-order valence-corrected chi connectivity index (χ4v) is 2.31. The molecule has 0 aliphatic carbocycles. The molecular weight excluding hydrogens is 349 g/mol. The van der Waals surface area contributed by atoms with Crippen LogP contribution in [0.1, 0.15) is 18.1 Å². The minimum atomic E-state index is -0.621. The molecule has 0 unspecified atom stereocenters. The van der Waals surface area contributed by atoms with E-state index in [0.29, 0.717) is 18.9 Å². The van der Waals surface area contributed by atoms with Crippen LogP contribution in [0.15, 0.2) is 54.6 Å². The molecule has 27 heavy (non-hydrogen) atoms. The molecule has 0 aromatic heterocycles. The molecule has 142 valence electrons. The normalized spacial score (nSPS) is 10.6. The van der Waals surface area contributed by atoms with Crippen LogP contribution >= 0.6 is 0 Å². The first kappa shape index (κ1) is 20.2. The standard InChI is InChI=1S/C21H22FNO4/c1-3-26-19-7-5-4-6-17(19)10-13-21(25)27-15-20(24)23(2)14-16-8-11-18(22)12-9-16/h4-13H,3,14-15H2,1-2H3/b13-10+. The third kappa shape index (κ3) is 6.58. The predicted octanol–water partition coefficient (Wildman–Crippen LogP) is 3.44. The first-order chi connectivity index (χ1) is 13.0. The molecule has 2 aromatic rings. The second-order valence-electron chi connectivity index (χ2n) is 5.79. The Kier molecular flexibility index (Phi) is 7.55. The highest BCUT2D eigenvalue weighted by atomic mass is 19.1. The molecule has 5 nitrogen and oxygen atoms in total. The average molecular weight is 371 g/mol. The molecule has 2 rings (SSSR count). The van der Waals surface area contributed by atoms with Crippen molar-refractivity contribution in [2.45, 2.75) is 13.5 Å². The van der Waals surface area contributed by atoms with Gasteiger partial charge in [0.25, 0.3) is 5.91 Å². The number of carbonyl (C=O) groups is 2. The van der Waals surface area contributed by atoms with Crippen LogP contribution in [-0.2, 0) is 20.9 Å². The highest BCUT2D eigenvalue weighted by molar-refractivity contribution is 5.89. The van der Waals surface area contributed by atoms with Crippen molar-refractivity contribution < 1.29 is 23.5 Å². The van der Waals surface area contributed by atoms with Crippen LogP contribution in [0, 0.1) is 5.82 Å². The van der Waals surface area contributed by atoms with Crippen molar-refractivity contribution in [3.05, 3.63) is 71.6 Å². The number of hydrogen-bond donors (Lipinski definition) is 0. The van der Waals surface area contributed by atoms with Gasteiger partial charge < -0.3 is 14.4 Å². The third-order valence-electron chi connectivity index (χ3n) is 3.71. The van der Waals surface area contributed by atoms with Crippen LogP contribution in [0.3, 0.4) is 0 Å². The largest absolute Gasteiger partial charge is 0.493 e. The van der Waals surface area contributed by atoms with Crippen molar-refractivity contribution in [1.82, 2.24) is 4.90 Å². The minimum absolute atomic E-state index is 0.300. The van der Waals surface area contributed by atoms with Crippen LogP contribution in [0.25, 0.3) is 6.08 Å². The quantitative estimate of drug-likeness (QED) is 0.527. The summed E-state index contributed by atoms with van der Waals surface area (Å²) < 4.78 is 23.4. The molecule has 0 heterocycles. The van der Waals surface area contributed by atoms with Crippen molar-refractivity contribution in [3.8, 4) is 5.75 Å². The Labute approximate surface area is 158 Å². The van der Waals surface area contributed by atoms with Gasteiger partial charge in [0.05, 0.1) is 6.61 Å². The van der Waals surface area contributed by atoms with Gasteiger partial charge in [-0.15, -0.1) is 0 Å². The van der Waals surface area contributed by atoms with E-state index >= 15 is 0 Å². The molecule has 0 radical (unpaired) electrons. The van der Waals surface area contributed by atoms with Crippen LogP contribution in [0.4, 0.5) is 4.39 Å². The molecule has 0 N–H and O–H groups in total. The van der Waals surface area contributed by atoms with Crippen LogP contribution < -0.4 is 4.74 Å². The molecule has 1 amide bonds. The fourth-order valence-electron chi connectivity index (χ4n) is 2.31. The highest BCUT2D eigenvalue weighted by Gasteiger charge is 2.11. The zero-order valence-corrected chi connectivity index (χ0v) is 15.4. The third-order valence-corrected chi connectivity index (χ3v) is 3.71. The maximum Gasteiger partial charge on any atom is 0.331 e. The van der Waals surface area contributed by atoms with Gasteiger partial charge in [0, 0.05) is 25.2 Å². The smallest absolute Gasteiger partial charge is 0.331 e. The summed E-state index contributed by atoms with van der Waals surface area (Å²) in [6.45, 7) is 2.33. The van der Waals surface area contributed by atoms with E-state index in [0.717, 1.165) is 11.1 Å². The van der Waals surface area contributed by atoms with E-state index in [4.69, 9.17) is 9.47 Å². The van der Waals surface area contributed by atoms with Crippen molar-refractivity contribution in [3.63, 3.8) is 0 Å². The lowest BCUT2D eigenvalue weighted by Crippen LogP contribution is -2.30. The number of esters is 1. The number of ether oxygens (including phenoxy) is 2. The maximum absolute atomic E-state index is 12.9. The number of likely N-dealkylation sites (N-methyl/N-ethyl adjacent to an activating group) is 1. The number of amides is 1. The summed E-state index contributed by atoms with van der Waals surface area (Å²) in [6, 6.07) is 13.2. The topological polar surface area (TPSA) is 55.8 Å². The number of halogens is 1.